The van der Waals surface area contributed by atoms with Crippen LogP contribution in [0.3, 0.4) is 0 Å². The van der Waals surface area contributed by atoms with Crippen molar-refractivity contribution < 1.29 is 14.3 Å². The smallest absolute Gasteiger partial charge is 0.413 e. The number of hydrogen-bond donors (Lipinski definition) is 0. The largest absolute Gasteiger partial charge is 0.444 e. The molecule has 0 bridgehead atoms. The Labute approximate surface area is 116 Å². The summed E-state index contributed by atoms with van der Waals surface area (Å²) in [6, 6.07) is -0.239. The van der Waals surface area contributed by atoms with Crippen LogP contribution in [0.5, 0.6) is 0 Å². The van der Waals surface area contributed by atoms with E-state index in [1.807, 2.05) is 57.2 Å². The highest BCUT2D eigenvalue weighted by molar-refractivity contribution is 14.1. The van der Waals surface area contributed by atoms with Gasteiger partial charge in [-0.3, -0.25) is 4.90 Å². The van der Waals surface area contributed by atoms with Gasteiger partial charge in [0.05, 0.1) is 6.61 Å². The molecule has 17 heavy (non-hydrogen) atoms. The molecule has 1 fully saturated rings. The minimum atomic E-state index is -0.673. The van der Waals surface area contributed by atoms with E-state index in [0.29, 0.717) is 6.61 Å². The van der Waals surface area contributed by atoms with E-state index < -0.39 is 11.3 Å². The Morgan fingerprint density at radius 3 is 2.59 bits per heavy atom. The van der Waals surface area contributed by atoms with E-state index in [1.165, 1.54) is 0 Å². The molecule has 1 amide bonds. The summed E-state index contributed by atoms with van der Waals surface area (Å²) in [4.78, 5) is 13.7. The molecule has 0 radical (unpaired) electrons. The van der Waals surface area contributed by atoms with Gasteiger partial charge in [0.2, 0.25) is 0 Å². The van der Waals surface area contributed by atoms with Crippen LogP contribution in [0.25, 0.3) is 0 Å². The van der Waals surface area contributed by atoms with Crippen molar-refractivity contribution in [1.29, 1.82) is 0 Å². The van der Waals surface area contributed by atoms with Crippen LogP contribution >= 0.6 is 22.6 Å². The molecule has 1 aliphatic heterocycles. The number of halogens is 1. The van der Waals surface area contributed by atoms with Gasteiger partial charge in [0.25, 0.3) is 0 Å². The zero-order valence-corrected chi connectivity index (χ0v) is 13.0. The quantitative estimate of drug-likeness (QED) is 0.498. The molecular weight excluding hydrogens is 333 g/mol. The maximum absolute atomic E-state index is 12.1. The summed E-state index contributed by atoms with van der Waals surface area (Å²) in [7, 11) is 0. The Balaban J connectivity index is 2.89. The van der Waals surface area contributed by atoms with Crippen LogP contribution in [0.4, 0.5) is 4.79 Å². The molecule has 96 valence electrons. The van der Waals surface area contributed by atoms with Crippen molar-refractivity contribution in [2.24, 2.45) is 0 Å². The van der Waals surface area contributed by atoms with E-state index in [2.05, 4.69) is 9.85 Å². The number of carbonyl (C=O) groups is 1. The molecule has 4 nitrogen and oxygen atoms in total. The molecule has 0 spiro atoms. The lowest BCUT2D eigenvalue weighted by molar-refractivity contribution is -0.0607. The standard InChI is InChI=1S/C12H18INO3/c1-11(2,3)17-10(15)14-9(6-7-13)8-16-12(14,4)5/h9H,8H2,1-5H3. The van der Waals surface area contributed by atoms with Crippen molar-refractivity contribution >= 4 is 28.7 Å². The molecule has 0 N–H and O–H groups in total. The van der Waals surface area contributed by atoms with E-state index >= 15 is 0 Å². The van der Waals surface area contributed by atoms with Gasteiger partial charge < -0.3 is 9.47 Å². The first kappa shape index (κ1) is 14.6. The van der Waals surface area contributed by atoms with Crippen LogP contribution in [0.15, 0.2) is 0 Å². The van der Waals surface area contributed by atoms with E-state index in [0.717, 1.165) is 0 Å². The molecule has 0 aliphatic carbocycles. The van der Waals surface area contributed by atoms with Crippen molar-refractivity contribution in [3.05, 3.63) is 0 Å². The number of rotatable bonds is 0. The summed E-state index contributed by atoms with van der Waals surface area (Å²) >= 11 is 1.96. The predicted octanol–water partition coefficient (Wildman–Crippen LogP) is 2.75. The van der Waals surface area contributed by atoms with Gasteiger partial charge in [-0.1, -0.05) is 5.92 Å². The first-order valence-corrected chi connectivity index (χ1v) is 6.53. The Bertz CT molecular complexity index is 362. The molecule has 1 atom stereocenters. The van der Waals surface area contributed by atoms with Crippen LogP contribution in [0.2, 0.25) is 0 Å². The molecule has 1 unspecified atom stereocenters. The fraction of sp³-hybridized carbons (Fsp3) is 0.750. The summed E-state index contributed by atoms with van der Waals surface area (Å²) < 4.78 is 13.7. The zero-order chi connectivity index (χ0) is 13.3. The minimum absolute atomic E-state index is 0.239. The summed E-state index contributed by atoms with van der Waals surface area (Å²) in [5.74, 6) is 2.95. The predicted molar refractivity (Wildman–Crippen MR) is 73.7 cm³/mol. The van der Waals surface area contributed by atoms with Crippen LogP contribution in [-0.4, -0.2) is 35.0 Å². The molecule has 1 heterocycles. The third-order valence-electron chi connectivity index (χ3n) is 2.30. The van der Waals surface area contributed by atoms with Crippen LogP contribution in [0, 0.1) is 9.85 Å². The van der Waals surface area contributed by atoms with Crippen LogP contribution in [0.1, 0.15) is 34.6 Å². The number of nitrogens with zero attached hydrogens (tertiary/aromatic N) is 1. The molecule has 1 saturated heterocycles. The molecular formula is C12H18INO3. The fourth-order valence-electron chi connectivity index (χ4n) is 1.63. The van der Waals surface area contributed by atoms with Crippen molar-refractivity contribution in [2.75, 3.05) is 6.61 Å². The SMILES string of the molecule is CC(C)(C)OC(=O)N1C(C#CI)COC1(C)C. The monoisotopic (exact) mass is 351 g/mol. The van der Waals surface area contributed by atoms with Gasteiger partial charge in [-0.25, -0.2) is 4.79 Å². The zero-order valence-electron chi connectivity index (χ0n) is 10.8. The molecule has 0 aromatic rings. The Kier molecular flexibility index (Phi) is 4.31. The lowest BCUT2D eigenvalue weighted by Crippen LogP contribution is -2.49. The third-order valence-corrected chi connectivity index (χ3v) is 2.61. The van der Waals surface area contributed by atoms with Gasteiger partial charge in [0.1, 0.15) is 17.4 Å². The summed E-state index contributed by atoms with van der Waals surface area (Å²) in [5.41, 5.74) is -1.19. The van der Waals surface area contributed by atoms with Gasteiger partial charge in [0.15, 0.2) is 0 Å². The minimum Gasteiger partial charge on any atom is -0.444 e. The van der Waals surface area contributed by atoms with Gasteiger partial charge in [-0.05, 0) is 38.5 Å². The first-order chi connectivity index (χ1) is 7.67. The average Bonchev–Trinajstić information content (AvgIpc) is 2.39. The summed E-state index contributed by atoms with van der Waals surface area (Å²) in [5, 5.41) is 0. The topological polar surface area (TPSA) is 38.8 Å². The summed E-state index contributed by atoms with van der Waals surface area (Å²) in [6.07, 6.45) is -0.385. The van der Waals surface area contributed by atoms with E-state index in [4.69, 9.17) is 9.47 Å². The highest BCUT2D eigenvalue weighted by Crippen LogP contribution is 2.29. The lowest BCUT2D eigenvalue weighted by atomic mass is 10.2. The maximum Gasteiger partial charge on any atom is 0.413 e. The number of ether oxygens (including phenoxy) is 2. The van der Waals surface area contributed by atoms with Gasteiger partial charge >= 0.3 is 6.09 Å². The molecule has 0 saturated carbocycles. The molecule has 0 aromatic heterocycles. The maximum atomic E-state index is 12.1. The number of carbonyl (C=O) groups excluding carboxylic acids is 1. The summed E-state index contributed by atoms with van der Waals surface area (Å²) in [6.45, 7) is 9.62. The second-order valence-corrected chi connectivity index (χ2v) is 5.90. The number of amides is 1. The molecule has 1 rings (SSSR count). The Morgan fingerprint density at radius 1 is 1.53 bits per heavy atom. The normalized spacial score (nSPS) is 22.9. The van der Waals surface area contributed by atoms with Crippen molar-refractivity contribution in [3.63, 3.8) is 0 Å². The van der Waals surface area contributed by atoms with E-state index in [9.17, 15) is 4.79 Å². The van der Waals surface area contributed by atoms with E-state index in [1.54, 1.807) is 4.90 Å². The second-order valence-electron chi connectivity index (χ2n) is 5.36. The highest BCUT2D eigenvalue weighted by Gasteiger charge is 2.45. The Morgan fingerprint density at radius 2 is 2.12 bits per heavy atom. The Hall–Kier alpha value is -0.480. The van der Waals surface area contributed by atoms with Crippen molar-refractivity contribution in [3.8, 4) is 9.85 Å². The fourth-order valence-corrected chi connectivity index (χ4v) is 1.99. The van der Waals surface area contributed by atoms with Gasteiger partial charge in [-0.2, -0.15) is 0 Å². The van der Waals surface area contributed by atoms with Gasteiger partial charge in [0, 0.05) is 22.6 Å². The molecule has 0 aromatic carbocycles. The first-order valence-electron chi connectivity index (χ1n) is 5.45. The average molecular weight is 351 g/mol. The van der Waals surface area contributed by atoms with Gasteiger partial charge in [-0.15, -0.1) is 0 Å². The second kappa shape index (κ2) is 5.02. The molecule has 5 heteroatoms. The van der Waals surface area contributed by atoms with Crippen molar-refractivity contribution in [1.82, 2.24) is 4.90 Å². The third kappa shape index (κ3) is 3.75. The van der Waals surface area contributed by atoms with Crippen LogP contribution in [-0.2, 0) is 9.47 Å². The lowest BCUT2D eigenvalue weighted by Gasteiger charge is -2.33. The number of hydrogen-bond acceptors (Lipinski definition) is 3. The van der Waals surface area contributed by atoms with E-state index in [-0.39, 0.29) is 12.1 Å². The van der Waals surface area contributed by atoms with Crippen LogP contribution < -0.4 is 0 Å². The van der Waals surface area contributed by atoms with Crippen molar-refractivity contribution in [2.45, 2.75) is 52.0 Å². The molecule has 1 aliphatic rings. The highest BCUT2D eigenvalue weighted by atomic mass is 127.